The third-order valence-corrected chi connectivity index (χ3v) is 4.27. The fourth-order valence-corrected chi connectivity index (χ4v) is 3.06. The number of hydrogen-bond acceptors (Lipinski definition) is 5. The lowest BCUT2D eigenvalue weighted by Gasteiger charge is -2.13. The fourth-order valence-electron chi connectivity index (χ4n) is 1.84. The van der Waals surface area contributed by atoms with Gasteiger partial charge in [0.15, 0.2) is 0 Å². The summed E-state index contributed by atoms with van der Waals surface area (Å²) in [7, 11) is -3.74. The fraction of sp³-hybridized carbons (Fsp3) is 0.154. The molecule has 106 valence electrons. The summed E-state index contributed by atoms with van der Waals surface area (Å²) in [6.07, 6.45) is 3.45. The van der Waals surface area contributed by atoms with Gasteiger partial charge in [-0.3, -0.25) is 15.5 Å². The van der Waals surface area contributed by atoms with Crippen molar-refractivity contribution in [2.45, 2.75) is 18.2 Å². The quantitative estimate of drug-likeness (QED) is 0.576. The molecule has 1 heterocycles. The van der Waals surface area contributed by atoms with Crippen molar-refractivity contribution in [3.05, 3.63) is 48.3 Å². The Morgan fingerprint density at radius 3 is 2.65 bits per heavy atom. The summed E-state index contributed by atoms with van der Waals surface area (Å²) >= 11 is 0. The Balaban J connectivity index is 2.41. The first-order chi connectivity index (χ1) is 9.58. The number of benzene rings is 1. The first-order valence-corrected chi connectivity index (χ1v) is 7.58. The van der Waals surface area contributed by atoms with E-state index in [2.05, 4.69) is 15.1 Å². The van der Waals surface area contributed by atoms with Crippen LogP contribution in [0, 0.1) is 0 Å². The Bertz CT molecular complexity index is 701. The van der Waals surface area contributed by atoms with Crippen LogP contribution in [0.5, 0.6) is 0 Å². The van der Waals surface area contributed by atoms with Gasteiger partial charge in [-0.25, -0.2) is 8.42 Å². The molecular formula is C13H16N4O2S. The predicted molar refractivity (Wildman–Crippen MR) is 78.7 cm³/mol. The van der Waals surface area contributed by atoms with Gasteiger partial charge in [-0.05, 0) is 24.1 Å². The van der Waals surface area contributed by atoms with E-state index in [-0.39, 0.29) is 4.90 Å². The van der Waals surface area contributed by atoms with Crippen LogP contribution in [0.1, 0.15) is 12.5 Å². The average Bonchev–Trinajstić information content (AvgIpc) is 2.47. The van der Waals surface area contributed by atoms with E-state index in [4.69, 9.17) is 5.84 Å². The van der Waals surface area contributed by atoms with Gasteiger partial charge in [-0.15, -0.1) is 0 Å². The second kappa shape index (κ2) is 5.89. The number of rotatable bonds is 5. The van der Waals surface area contributed by atoms with Crippen LogP contribution in [0.15, 0.2) is 47.6 Å². The van der Waals surface area contributed by atoms with Gasteiger partial charge in [0.2, 0.25) is 0 Å². The lowest BCUT2D eigenvalue weighted by molar-refractivity contribution is 0.601. The lowest BCUT2D eigenvalue weighted by atomic mass is 10.1. The van der Waals surface area contributed by atoms with Crippen molar-refractivity contribution in [2.24, 2.45) is 5.84 Å². The molecule has 6 nitrogen and oxygen atoms in total. The number of nitrogens with two attached hydrogens (primary N) is 1. The highest BCUT2D eigenvalue weighted by molar-refractivity contribution is 7.92. The zero-order chi connectivity index (χ0) is 14.6. The van der Waals surface area contributed by atoms with Gasteiger partial charge in [0.05, 0.1) is 11.4 Å². The molecule has 4 N–H and O–H groups in total. The van der Waals surface area contributed by atoms with Crippen molar-refractivity contribution in [1.29, 1.82) is 0 Å². The molecule has 2 aromatic rings. The van der Waals surface area contributed by atoms with Gasteiger partial charge in [-0.1, -0.05) is 25.1 Å². The lowest BCUT2D eigenvalue weighted by Crippen LogP contribution is -2.18. The molecule has 0 radical (unpaired) electrons. The highest BCUT2D eigenvalue weighted by Gasteiger charge is 2.19. The molecule has 0 fully saturated rings. The normalized spacial score (nSPS) is 11.1. The van der Waals surface area contributed by atoms with Gasteiger partial charge in [0.1, 0.15) is 4.90 Å². The maximum atomic E-state index is 12.4. The highest BCUT2D eigenvalue weighted by atomic mass is 32.2. The number of anilines is 2. The molecule has 0 aliphatic heterocycles. The molecule has 0 saturated heterocycles. The van der Waals surface area contributed by atoms with Crippen LogP contribution in [0.4, 0.5) is 11.4 Å². The van der Waals surface area contributed by atoms with Crippen LogP contribution in [0.3, 0.4) is 0 Å². The van der Waals surface area contributed by atoms with Crippen molar-refractivity contribution in [2.75, 3.05) is 10.1 Å². The summed E-state index contributed by atoms with van der Waals surface area (Å²) in [5.41, 5.74) is 4.13. The van der Waals surface area contributed by atoms with E-state index in [9.17, 15) is 8.42 Å². The number of pyridine rings is 1. The second-order valence-electron chi connectivity index (χ2n) is 4.13. The Hall–Kier alpha value is -2.12. The minimum Gasteiger partial charge on any atom is -0.323 e. The highest BCUT2D eigenvalue weighted by Crippen LogP contribution is 2.24. The number of nitrogens with one attached hydrogen (secondary N) is 2. The van der Waals surface area contributed by atoms with Crippen molar-refractivity contribution in [3.63, 3.8) is 0 Å². The van der Waals surface area contributed by atoms with E-state index in [1.54, 1.807) is 12.1 Å². The molecule has 0 unspecified atom stereocenters. The minimum absolute atomic E-state index is 0.00778. The number of aryl methyl sites for hydroxylation is 1. The van der Waals surface area contributed by atoms with Gasteiger partial charge in [-0.2, -0.15) is 0 Å². The molecule has 0 aliphatic carbocycles. The zero-order valence-corrected chi connectivity index (χ0v) is 11.8. The Morgan fingerprint density at radius 2 is 1.95 bits per heavy atom. The van der Waals surface area contributed by atoms with Gasteiger partial charge in [0.25, 0.3) is 10.0 Å². The van der Waals surface area contributed by atoms with Crippen molar-refractivity contribution in [3.8, 4) is 0 Å². The molecule has 0 atom stereocenters. The smallest absolute Gasteiger partial charge is 0.265 e. The number of hydrazine groups is 1. The van der Waals surface area contributed by atoms with Gasteiger partial charge >= 0.3 is 0 Å². The summed E-state index contributed by atoms with van der Waals surface area (Å²) in [4.78, 5) is 3.84. The number of hydrogen-bond donors (Lipinski definition) is 3. The minimum atomic E-state index is -3.74. The van der Waals surface area contributed by atoms with Crippen LogP contribution in [-0.4, -0.2) is 13.4 Å². The van der Waals surface area contributed by atoms with E-state index in [1.165, 1.54) is 18.5 Å². The van der Waals surface area contributed by atoms with Gasteiger partial charge < -0.3 is 5.43 Å². The van der Waals surface area contributed by atoms with Crippen molar-refractivity contribution >= 4 is 21.4 Å². The van der Waals surface area contributed by atoms with E-state index in [0.29, 0.717) is 11.4 Å². The van der Waals surface area contributed by atoms with E-state index in [0.717, 1.165) is 12.0 Å². The zero-order valence-electron chi connectivity index (χ0n) is 11.0. The Kier molecular flexibility index (Phi) is 4.21. The monoisotopic (exact) mass is 292 g/mol. The summed E-state index contributed by atoms with van der Waals surface area (Å²) < 4.78 is 27.4. The van der Waals surface area contributed by atoms with Crippen LogP contribution in [-0.2, 0) is 16.4 Å². The second-order valence-corrected chi connectivity index (χ2v) is 5.78. The van der Waals surface area contributed by atoms with Crippen LogP contribution in [0.2, 0.25) is 0 Å². The number of para-hydroxylation sites is 1. The summed E-state index contributed by atoms with van der Waals surface area (Å²) in [6.45, 7) is 1.96. The molecule has 1 aromatic heterocycles. The first kappa shape index (κ1) is 14.3. The molecule has 0 saturated carbocycles. The largest absolute Gasteiger partial charge is 0.323 e. The molecule has 0 aliphatic rings. The molecule has 0 amide bonds. The topological polar surface area (TPSA) is 97.1 Å². The maximum absolute atomic E-state index is 12.4. The van der Waals surface area contributed by atoms with E-state index in [1.807, 2.05) is 19.1 Å². The number of nitrogen functional groups attached to an aromatic ring is 1. The Labute approximate surface area is 118 Å². The van der Waals surface area contributed by atoms with Crippen LogP contribution < -0.4 is 16.0 Å². The molecule has 20 heavy (non-hydrogen) atoms. The number of nitrogens with zero attached hydrogens (tertiary/aromatic N) is 1. The van der Waals surface area contributed by atoms with Crippen molar-refractivity contribution in [1.82, 2.24) is 4.98 Å². The van der Waals surface area contributed by atoms with Crippen LogP contribution >= 0.6 is 0 Å². The molecule has 1 aromatic carbocycles. The third kappa shape index (κ3) is 2.89. The van der Waals surface area contributed by atoms with E-state index >= 15 is 0 Å². The summed E-state index contributed by atoms with van der Waals surface area (Å²) in [5, 5.41) is 0. The number of sulfonamides is 1. The average molecular weight is 292 g/mol. The SMILES string of the molecule is CCc1ccccc1NS(=O)(=O)c1cnccc1NN. The maximum Gasteiger partial charge on any atom is 0.265 e. The molecular weight excluding hydrogens is 276 g/mol. The standard InChI is InChI=1S/C13H16N4O2S/c1-2-10-5-3-4-6-11(10)17-20(18,19)13-9-15-8-7-12(13)16-14/h3-9,17H,2,14H2,1H3,(H,15,16). The van der Waals surface area contributed by atoms with Crippen LogP contribution in [0.25, 0.3) is 0 Å². The van der Waals surface area contributed by atoms with Crippen molar-refractivity contribution < 1.29 is 8.42 Å². The van der Waals surface area contributed by atoms with Gasteiger partial charge in [0, 0.05) is 12.4 Å². The predicted octanol–water partition coefficient (Wildman–Crippen LogP) is 1.73. The first-order valence-electron chi connectivity index (χ1n) is 6.10. The van der Waals surface area contributed by atoms with E-state index < -0.39 is 10.0 Å². The molecule has 0 spiro atoms. The summed E-state index contributed by atoms with van der Waals surface area (Å²) in [5.74, 6) is 5.33. The Morgan fingerprint density at radius 1 is 1.20 bits per heavy atom. The molecule has 2 rings (SSSR count). The summed E-state index contributed by atoms with van der Waals surface area (Å²) in [6, 6.07) is 8.75. The molecule has 0 bridgehead atoms. The third-order valence-electron chi connectivity index (χ3n) is 2.87. The molecule has 7 heteroatoms. The number of aromatic nitrogens is 1.